The number of hydrogen-bond acceptors (Lipinski definition) is 2. The Labute approximate surface area is 101 Å². The van der Waals surface area contributed by atoms with Crippen LogP contribution in [0.1, 0.15) is 25.0 Å². The van der Waals surface area contributed by atoms with Gasteiger partial charge < -0.3 is 5.32 Å². The molecule has 16 heavy (non-hydrogen) atoms. The fraction of sp³-hybridized carbons (Fsp3) is 0.538. The van der Waals surface area contributed by atoms with E-state index in [1.165, 1.54) is 11.1 Å². The van der Waals surface area contributed by atoms with Gasteiger partial charge in [-0.2, -0.15) is 0 Å². The average Bonchev–Trinajstić information content (AvgIpc) is 2.22. The highest BCUT2D eigenvalue weighted by Crippen LogP contribution is 2.13. The summed E-state index contributed by atoms with van der Waals surface area (Å²) in [5, 5.41) is 3.28. The first-order chi connectivity index (χ1) is 7.54. The lowest BCUT2D eigenvalue weighted by Crippen LogP contribution is -2.30. The molecule has 0 aliphatic rings. The Hall–Kier alpha value is -0.670. The van der Waals surface area contributed by atoms with Gasteiger partial charge in [-0.05, 0) is 50.6 Å². The summed E-state index contributed by atoms with van der Waals surface area (Å²) in [5.41, 5.74) is 2.46. The molecule has 2 nitrogen and oxygen atoms in total. The van der Waals surface area contributed by atoms with Gasteiger partial charge in [0.25, 0.3) is 0 Å². The van der Waals surface area contributed by atoms with Crippen LogP contribution in [0, 0.1) is 13.8 Å². The van der Waals surface area contributed by atoms with Crippen molar-refractivity contribution in [2.24, 2.45) is 0 Å². The van der Waals surface area contributed by atoms with E-state index in [1.807, 2.05) is 18.2 Å². The maximum absolute atomic E-state index is 12.1. The third-order valence-electron chi connectivity index (χ3n) is 2.70. The van der Waals surface area contributed by atoms with Crippen LogP contribution >= 0.6 is 0 Å². The van der Waals surface area contributed by atoms with Crippen LogP contribution in [0.5, 0.6) is 0 Å². The molecule has 3 heteroatoms. The molecule has 0 spiro atoms. The van der Waals surface area contributed by atoms with Crippen molar-refractivity contribution in [3.63, 3.8) is 0 Å². The Balaban J connectivity index is 2.69. The minimum Gasteiger partial charge on any atom is -0.314 e. The smallest absolute Gasteiger partial charge is 0.0545 e. The minimum atomic E-state index is -0.896. The van der Waals surface area contributed by atoms with Crippen molar-refractivity contribution in [3.8, 4) is 0 Å². The van der Waals surface area contributed by atoms with E-state index in [9.17, 15) is 4.21 Å². The number of rotatable bonds is 5. The van der Waals surface area contributed by atoms with E-state index in [4.69, 9.17) is 0 Å². The molecule has 1 aromatic rings. The first kappa shape index (κ1) is 13.4. The van der Waals surface area contributed by atoms with E-state index in [1.54, 1.807) is 0 Å². The van der Waals surface area contributed by atoms with Gasteiger partial charge in [-0.3, -0.25) is 4.21 Å². The number of benzene rings is 1. The molecule has 0 bridgehead atoms. The maximum Gasteiger partial charge on any atom is 0.0545 e. The third-order valence-corrected chi connectivity index (χ3v) is 4.28. The van der Waals surface area contributed by atoms with Crippen molar-refractivity contribution in [2.75, 3.05) is 12.3 Å². The van der Waals surface area contributed by atoms with Gasteiger partial charge in [0.15, 0.2) is 0 Å². The van der Waals surface area contributed by atoms with E-state index in [0.717, 1.165) is 11.4 Å². The van der Waals surface area contributed by atoms with E-state index in [2.05, 4.69) is 33.0 Å². The highest BCUT2D eigenvalue weighted by Gasteiger charge is 2.09. The van der Waals surface area contributed by atoms with Crippen LogP contribution in [0.15, 0.2) is 23.1 Å². The van der Waals surface area contributed by atoms with Crippen LogP contribution in [0.2, 0.25) is 0 Å². The van der Waals surface area contributed by atoms with Crippen LogP contribution in [0.4, 0.5) is 0 Å². The molecule has 0 aliphatic heterocycles. The summed E-state index contributed by atoms with van der Waals surface area (Å²) in [7, 11) is -0.896. The first-order valence-corrected chi connectivity index (χ1v) is 7.05. The summed E-state index contributed by atoms with van der Waals surface area (Å²) in [4.78, 5) is 0.938. The SMILES string of the molecule is CCNC(C)CS(=O)c1ccc(C)c(C)c1. The second-order valence-corrected chi connectivity index (χ2v) is 5.71. The lowest BCUT2D eigenvalue weighted by molar-refractivity contribution is 0.607. The fourth-order valence-corrected chi connectivity index (χ4v) is 2.88. The molecule has 1 N–H and O–H groups in total. The van der Waals surface area contributed by atoms with Crippen molar-refractivity contribution < 1.29 is 4.21 Å². The standard InChI is InChI=1S/C13H21NOS/c1-5-14-12(4)9-16(15)13-7-6-10(2)11(3)8-13/h6-8,12,14H,5,9H2,1-4H3. The zero-order chi connectivity index (χ0) is 12.1. The highest BCUT2D eigenvalue weighted by atomic mass is 32.2. The topological polar surface area (TPSA) is 29.1 Å². The number of nitrogens with one attached hydrogen (secondary N) is 1. The van der Waals surface area contributed by atoms with Crippen LogP contribution in [0.25, 0.3) is 0 Å². The van der Waals surface area contributed by atoms with Gasteiger partial charge in [-0.1, -0.05) is 13.0 Å². The Kier molecular flexibility index (Phi) is 5.16. The lowest BCUT2D eigenvalue weighted by atomic mass is 10.1. The third kappa shape index (κ3) is 3.72. The predicted octanol–water partition coefficient (Wildman–Crippen LogP) is 2.41. The second kappa shape index (κ2) is 6.16. The van der Waals surface area contributed by atoms with Gasteiger partial charge in [-0.25, -0.2) is 0 Å². The molecule has 0 aliphatic carbocycles. The molecule has 1 rings (SSSR count). The zero-order valence-electron chi connectivity index (χ0n) is 10.5. The first-order valence-electron chi connectivity index (χ1n) is 5.73. The summed E-state index contributed by atoms with van der Waals surface area (Å²) in [6, 6.07) is 6.34. The lowest BCUT2D eigenvalue weighted by Gasteiger charge is -2.12. The Morgan fingerprint density at radius 2 is 2.00 bits per heavy atom. The number of aryl methyl sites for hydroxylation is 2. The molecule has 1 aromatic carbocycles. The van der Waals surface area contributed by atoms with Crippen LogP contribution in [-0.4, -0.2) is 22.5 Å². The summed E-state index contributed by atoms with van der Waals surface area (Å²) in [5.74, 6) is 0.677. The normalized spacial score (nSPS) is 14.8. The molecular weight excluding hydrogens is 218 g/mol. The van der Waals surface area contributed by atoms with E-state index < -0.39 is 10.8 Å². The van der Waals surface area contributed by atoms with Crippen LogP contribution in [-0.2, 0) is 10.8 Å². The van der Waals surface area contributed by atoms with E-state index in [-0.39, 0.29) is 0 Å². The average molecular weight is 239 g/mol. The molecule has 2 atom stereocenters. The van der Waals surface area contributed by atoms with Gasteiger partial charge >= 0.3 is 0 Å². The highest BCUT2D eigenvalue weighted by molar-refractivity contribution is 7.85. The largest absolute Gasteiger partial charge is 0.314 e. The Morgan fingerprint density at radius 3 is 2.56 bits per heavy atom. The van der Waals surface area contributed by atoms with Gasteiger partial charge in [0.1, 0.15) is 0 Å². The second-order valence-electron chi connectivity index (χ2n) is 4.22. The van der Waals surface area contributed by atoms with Crippen molar-refractivity contribution in [2.45, 2.75) is 38.6 Å². The zero-order valence-corrected chi connectivity index (χ0v) is 11.4. The van der Waals surface area contributed by atoms with Crippen molar-refractivity contribution in [3.05, 3.63) is 29.3 Å². The molecule has 2 unspecified atom stereocenters. The van der Waals surface area contributed by atoms with Gasteiger partial charge in [0, 0.05) is 16.7 Å². The van der Waals surface area contributed by atoms with Gasteiger partial charge in [-0.15, -0.1) is 0 Å². The van der Waals surface area contributed by atoms with Gasteiger partial charge in [0.2, 0.25) is 0 Å². The fourth-order valence-electron chi connectivity index (χ4n) is 1.59. The minimum absolute atomic E-state index is 0.299. The monoisotopic (exact) mass is 239 g/mol. The van der Waals surface area contributed by atoms with Crippen molar-refractivity contribution in [1.82, 2.24) is 5.32 Å². The predicted molar refractivity (Wildman–Crippen MR) is 70.3 cm³/mol. The molecule has 0 amide bonds. The summed E-state index contributed by atoms with van der Waals surface area (Å²) < 4.78 is 12.1. The number of hydrogen-bond donors (Lipinski definition) is 1. The quantitative estimate of drug-likeness (QED) is 0.855. The molecular formula is C13H21NOS. The Bertz CT molecular complexity index is 376. The molecule has 0 radical (unpaired) electrons. The Morgan fingerprint density at radius 1 is 1.31 bits per heavy atom. The molecule has 0 saturated carbocycles. The summed E-state index contributed by atoms with van der Waals surface area (Å²) in [6.07, 6.45) is 0. The molecule has 0 heterocycles. The van der Waals surface area contributed by atoms with Crippen molar-refractivity contribution in [1.29, 1.82) is 0 Å². The van der Waals surface area contributed by atoms with E-state index >= 15 is 0 Å². The van der Waals surface area contributed by atoms with Gasteiger partial charge in [0.05, 0.1) is 10.8 Å². The van der Waals surface area contributed by atoms with Crippen molar-refractivity contribution >= 4 is 10.8 Å². The molecule has 0 saturated heterocycles. The summed E-state index contributed by atoms with van der Waals surface area (Å²) in [6.45, 7) is 9.19. The summed E-state index contributed by atoms with van der Waals surface area (Å²) >= 11 is 0. The molecule has 0 fully saturated rings. The molecule has 0 aromatic heterocycles. The molecule has 90 valence electrons. The van der Waals surface area contributed by atoms with Crippen LogP contribution in [0.3, 0.4) is 0 Å². The van der Waals surface area contributed by atoms with E-state index in [0.29, 0.717) is 11.8 Å². The maximum atomic E-state index is 12.1. The van der Waals surface area contributed by atoms with Crippen LogP contribution < -0.4 is 5.32 Å².